The van der Waals surface area contributed by atoms with Gasteiger partial charge in [0.1, 0.15) is 0 Å². The van der Waals surface area contributed by atoms with Gasteiger partial charge in [-0.2, -0.15) is 11.8 Å². The molecule has 0 fully saturated rings. The quantitative estimate of drug-likeness (QED) is 0.406. The number of carbonyl (C=O) groups is 1. The molecule has 0 saturated carbocycles. The molecule has 154 valence electrons. The molecule has 1 atom stereocenters. The minimum atomic E-state index is -0.0317. The molecule has 2 aromatic heterocycles. The fourth-order valence-corrected chi connectivity index (χ4v) is 5.38. The van der Waals surface area contributed by atoms with E-state index < -0.39 is 0 Å². The lowest BCUT2D eigenvalue weighted by Crippen LogP contribution is -2.14. The maximum absolute atomic E-state index is 11.1. The highest BCUT2D eigenvalue weighted by atomic mass is 32.2. The van der Waals surface area contributed by atoms with Crippen LogP contribution in [0.3, 0.4) is 0 Å². The summed E-state index contributed by atoms with van der Waals surface area (Å²) in [6.07, 6.45) is 10.4. The molecule has 0 saturated heterocycles. The van der Waals surface area contributed by atoms with Gasteiger partial charge in [0.25, 0.3) is 0 Å². The van der Waals surface area contributed by atoms with Crippen molar-refractivity contribution in [3.8, 4) is 0 Å². The van der Waals surface area contributed by atoms with Gasteiger partial charge < -0.3 is 9.88 Å². The normalized spacial score (nSPS) is 12.1. The zero-order valence-electron chi connectivity index (χ0n) is 17.1. The summed E-state index contributed by atoms with van der Waals surface area (Å²) in [6.45, 7) is 4.72. The van der Waals surface area contributed by atoms with Crippen molar-refractivity contribution in [3.05, 3.63) is 70.4 Å². The number of imidazole rings is 1. The molecule has 0 radical (unpaired) electrons. The second-order valence-corrected chi connectivity index (χ2v) is 10.1. The first-order chi connectivity index (χ1) is 14.1. The van der Waals surface area contributed by atoms with Gasteiger partial charge in [0.2, 0.25) is 5.91 Å². The number of nitrogens with one attached hydrogen (secondary N) is 1. The zero-order valence-corrected chi connectivity index (χ0v) is 18.8. The highest BCUT2D eigenvalue weighted by Gasteiger charge is 2.11. The molecular weight excluding hydrogens is 398 g/mol. The zero-order chi connectivity index (χ0) is 20.5. The van der Waals surface area contributed by atoms with Crippen molar-refractivity contribution < 1.29 is 4.79 Å². The number of hydrogen-bond donors (Lipinski definition) is 1. The molecule has 0 aliphatic rings. The predicted octanol–water partition coefficient (Wildman–Crippen LogP) is 5.58. The third-order valence-corrected chi connectivity index (χ3v) is 7.16. The fourth-order valence-electron chi connectivity index (χ4n) is 3.26. The number of rotatable bonds is 11. The molecule has 6 heteroatoms. The second-order valence-electron chi connectivity index (χ2n) is 7.28. The van der Waals surface area contributed by atoms with Crippen LogP contribution in [0.5, 0.6) is 0 Å². The Morgan fingerprint density at radius 2 is 2.03 bits per heavy atom. The van der Waals surface area contributed by atoms with Gasteiger partial charge in [-0.3, -0.25) is 4.79 Å². The number of thioether (sulfide) groups is 1. The third-order valence-electron chi connectivity index (χ3n) is 4.72. The molecule has 2 heterocycles. The Kier molecular flexibility index (Phi) is 8.38. The molecule has 1 unspecified atom stereocenters. The summed E-state index contributed by atoms with van der Waals surface area (Å²) in [5, 5.41) is 3.41. The molecule has 1 aromatic carbocycles. The van der Waals surface area contributed by atoms with Gasteiger partial charge in [-0.05, 0) is 68.2 Å². The molecule has 0 bridgehead atoms. The van der Waals surface area contributed by atoms with E-state index in [1.165, 1.54) is 28.7 Å². The lowest BCUT2D eigenvalue weighted by Gasteiger charge is -2.17. The van der Waals surface area contributed by atoms with E-state index in [0.29, 0.717) is 5.25 Å². The van der Waals surface area contributed by atoms with Crippen LogP contribution >= 0.6 is 23.1 Å². The molecule has 1 N–H and O–H groups in total. The van der Waals surface area contributed by atoms with E-state index in [-0.39, 0.29) is 5.91 Å². The minimum Gasteiger partial charge on any atom is -0.336 e. The molecule has 4 nitrogen and oxygen atoms in total. The maximum Gasteiger partial charge on any atom is 0.221 e. The van der Waals surface area contributed by atoms with Crippen LogP contribution in [0.4, 0.5) is 5.69 Å². The highest BCUT2D eigenvalue weighted by molar-refractivity contribution is 7.99. The number of hydrogen-bond acceptors (Lipinski definition) is 4. The van der Waals surface area contributed by atoms with Crippen molar-refractivity contribution in [1.82, 2.24) is 9.55 Å². The average molecular weight is 428 g/mol. The molecule has 29 heavy (non-hydrogen) atoms. The summed E-state index contributed by atoms with van der Waals surface area (Å²) in [5.41, 5.74) is 2.18. The second kappa shape index (κ2) is 11.2. The Morgan fingerprint density at radius 1 is 1.21 bits per heavy atom. The Labute approximate surface area is 181 Å². The van der Waals surface area contributed by atoms with E-state index in [1.54, 1.807) is 0 Å². The van der Waals surface area contributed by atoms with E-state index in [9.17, 15) is 4.79 Å². The number of amides is 1. The smallest absolute Gasteiger partial charge is 0.221 e. The third kappa shape index (κ3) is 7.71. The van der Waals surface area contributed by atoms with Gasteiger partial charge in [-0.25, -0.2) is 4.98 Å². The van der Waals surface area contributed by atoms with Crippen LogP contribution < -0.4 is 5.32 Å². The summed E-state index contributed by atoms with van der Waals surface area (Å²) in [6, 6.07) is 12.7. The van der Waals surface area contributed by atoms with E-state index >= 15 is 0 Å². The van der Waals surface area contributed by atoms with Crippen LogP contribution in [0, 0.1) is 6.92 Å². The molecule has 0 spiro atoms. The van der Waals surface area contributed by atoms with Crippen molar-refractivity contribution in [2.24, 2.45) is 0 Å². The highest BCUT2D eigenvalue weighted by Crippen LogP contribution is 2.24. The van der Waals surface area contributed by atoms with Crippen molar-refractivity contribution >= 4 is 34.7 Å². The fraction of sp³-hybridized carbons (Fsp3) is 0.391. The van der Waals surface area contributed by atoms with E-state index in [4.69, 9.17) is 0 Å². The summed E-state index contributed by atoms with van der Waals surface area (Å²) in [5.74, 6) is 1.12. The summed E-state index contributed by atoms with van der Waals surface area (Å²) in [4.78, 5) is 18.2. The Bertz CT molecular complexity index is 872. The summed E-state index contributed by atoms with van der Waals surface area (Å²) < 4.78 is 2.19. The van der Waals surface area contributed by atoms with Gasteiger partial charge in [0, 0.05) is 46.6 Å². The first-order valence-electron chi connectivity index (χ1n) is 10.1. The van der Waals surface area contributed by atoms with Gasteiger partial charge in [0.15, 0.2) is 0 Å². The number of anilines is 1. The number of carbonyl (C=O) groups excluding carboxylic acids is 1. The Balaban J connectivity index is 1.45. The number of benzene rings is 1. The van der Waals surface area contributed by atoms with E-state index in [0.717, 1.165) is 37.2 Å². The van der Waals surface area contributed by atoms with Crippen molar-refractivity contribution in [2.45, 2.75) is 51.3 Å². The summed E-state index contributed by atoms with van der Waals surface area (Å²) in [7, 11) is 0. The first-order valence-corrected chi connectivity index (χ1v) is 11.9. The van der Waals surface area contributed by atoms with Crippen molar-refractivity contribution in [2.75, 3.05) is 11.1 Å². The molecule has 3 aromatic rings. The Hall–Kier alpha value is -2.05. The molecule has 0 aliphatic heterocycles. The lowest BCUT2D eigenvalue weighted by molar-refractivity contribution is -0.114. The van der Waals surface area contributed by atoms with E-state index in [1.807, 2.05) is 36.0 Å². The van der Waals surface area contributed by atoms with Crippen LogP contribution in [-0.2, 0) is 24.2 Å². The number of aryl methyl sites for hydroxylation is 3. The maximum atomic E-state index is 11.1. The monoisotopic (exact) mass is 427 g/mol. The van der Waals surface area contributed by atoms with Gasteiger partial charge in [0.05, 0.1) is 6.33 Å². The number of aromatic nitrogens is 2. The van der Waals surface area contributed by atoms with Gasteiger partial charge in [-0.1, -0.05) is 12.1 Å². The molecular formula is C23H29N3OS2. The first kappa shape index (κ1) is 21.7. The standard InChI is InChI=1S/C23H29N3OS2/c1-18-5-10-22(29-18)11-12-23(16-26-14-13-24-17-26)28-15-3-4-20-6-8-21(9-7-20)25-19(2)27/h5-10,13-14,17,23H,3-4,11-12,15-16H2,1-2H3,(H,25,27). The largest absolute Gasteiger partial charge is 0.336 e. The van der Waals surface area contributed by atoms with Crippen molar-refractivity contribution in [1.29, 1.82) is 0 Å². The van der Waals surface area contributed by atoms with Crippen molar-refractivity contribution in [3.63, 3.8) is 0 Å². The molecule has 3 rings (SSSR count). The van der Waals surface area contributed by atoms with Crippen LogP contribution in [0.25, 0.3) is 0 Å². The molecule has 1 amide bonds. The van der Waals surface area contributed by atoms with Gasteiger partial charge >= 0.3 is 0 Å². The van der Waals surface area contributed by atoms with Crippen LogP contribution in [0.15, 0.2) is 55.1 Å². The SMILES string of the molecule is CC(=O)Nc1ccc(CCCSC(CCc2ccc(C)s2)Cn2ccnc2)cc1. The van der Waals surface area contributed by atoms with Crippen LogP contribution in [-0.4, -0.2) is 26.5 Å². The predicted molar refractivity (Wildman–Crippen MR) is 125 cm³/mol. The lowest BCUT2D eigenvalue weighted by atomic mass is 10.1. The topological polar surface area (TPSA) is 46.9 Å². The number of nitrogens with zero attached hydrogens (tertiary/aromatic N) is 2. The van der Waals surface area contributed by atoms with Gasteiger partial charge in [-0.15, -0.1) is 11.3 Å². The van der Waals surface area contributed by atoms with Crippen LogP contribution in [0.1, 0.15) is 35.1 Å². The summed E-state index contributed by atoms with van der Waals surface area (Å²) >= 11 is 3.99. The number of thiophene rings is 1. The van der Waals surface area contributed by atoms with E-state index in [2.05, 4.69) is 64.0 Å². The average Bonchev–Trinajstić information content (AvgIpc) is 3.35. The Morgan fingerprint density at radius 3 is 2.69 bits per heavy atom. The van der Waals surface area contributed by atoms with Crippen LogP contribution in [0.2, 0.25) is 0 Å². The molecule has 0 aliphatic carbocycles. The minimum absolute atomic E-state index is 0.0317.